The van der Waals surface area contributed by atoms with Crippen LogP contribution in [0.4, 0.5) is 0 Å². The van der Waals surface area contributed by atoms with Crippen LogP contribution in [0.2, 0.25) is 0 Å². The molecule has 0 saturated heterocycles. The van der Waals surface area contributed by atoms with Crippen LogP contribution in [0.5, 0.6) is 0 Å². The Bertz CT molecular complexity index is 403. The second kappa shape index (κ2) is 9.64. The van der Waals surface area contributed by atoms with Crippen LogP contribution >= 0.6 is 0 Å². The standard InChI is InChI=1S/C13H15N.2C2H6/c1-3-10-5-6-11-8-13(4-2)14-9-12(11)7-10;2*1-2/h5-9H,3-4H2,1-2H3;2*1-2H3. The van der Waals surface area contributed by atoms with E-state index in [1.54, 1.807) is 0 Å². The fourth-order valence-electron chi connectivity index (χ4n) is 1.65. The Morgan fingerprint density at radius 1 is 0.833 bits per heavy atom. The molecule has 0 bridgehead atoms. The molecular formula is C17H27N. The van der Waals surface area contributed by atoms with Crippen LogP contribution in [-0.4, -0.2) is 4.98 Å². The zero-order chi connectivity index (χ0) is 14.0. The largest absolute Gasteiger partial charge is 0.261 e. The first-order valence-electron chi connectivity index (χ1n) is 7.21. The number of aryl methyl sites for hydroxylation is 2. The highest BCUT2D eigenvalue weighted by Gasteiger charge is 1.97. The Morgan fingerprint density at radius 3 is 2.06 bits per heavy atom. The number of hydrogen-bond acceptors (Lipinski definition) is 1. The number of rotatable bonds is 2. The van der Waals surface area contributed by atoms with Gasteiger partial charge in [0.15, 0.2) is 0 Å². The highest BCUT2D eigenvalue weighted by atomic mass is 14.7. The van der Waals surface area contributed by atoms with Gasteiger partial charge < -0.3 is 0 Å². The Labute approximate surface area is 112 Å². The van der Waals surface area contributed by atoms with E-state index in [0.29, 0.717) is 0 Å². The summed E-state index contributed by atoms with van der Waals surface area (Å²) >= 11 is 0. The number of pyridine rings is 1. The average Bonchev–Trinajstić information content (AvgIpc) is 2.50. The number of fused-ring (bicyclic) bond motifs is 1. The minimum absolute atomic E-state index is 1.01. The number of nitrogens with zero attached hydrogens (tertiary/aromatic N) is 1. The van der Waals surface area contributed by atoms with Crippen molar-refractivity contribution in [2.45, 2.75) is 54.4 Å². The van der Waals surface area contributed by atoms with Crippen molar-refractivity contribution in [1.82, 2.24) is 4.98 Å². The van der Waals surface area contributed by atoms with E-state index in [1.807, 2.05) is 33.9 Å². The second-order valence-electron chi connectivity index (χ2n) is 3.56. The second-order valence-corrected chi connectivity index (χ2v) is 3.56. The Morgan fingerprint density at radius 2 is 1.50 bits per heavy atom. The van der Waals surface area contributed by atoms with Crippen molar-refractivity contribution >= 4 is 10.8 Å². The summed E-state index contributed by atoms with van der Waals surface area (Å²) in [5.74, 6) is 0. The molecule has 2 rings (SSSR count). The fraction of sp³-hybridized carbons (Fsp3) is 0.471. The van der Waals surface area contributed by atoms with Gasteiger partial charge >= 0.3 is 0 Å². The molecule has 0 atom stereocenters. The van der Waals surface area contributed by atoms with Gasteiger partial charge in [-0.15, -0.1) is 0 Å². The van der Waals surface area contributed by atoms with E-state index in [0.717, 1.165) is 12.8 Å². The molecule has 0 radical (unpaired) electrons. The third kappa shape index (κ3) is 4.48. The summed E-state index contributed by atoms with van der Waals surface area (Å²) in [6.45, 7) is 12.3. The molecule has 18 heavy (non-hydrogen) atoms. The quantitative estimate of drug-likeness (QED) is 0.689. The average molecular weight is 245 g/mol. The molecular weight excluding hydrogens is 218 g/mol. The van der Waals surface area contributed by atoms with E-state index in [-0.39, 0.29) is 0 Å². The summed E-state index contributed by atoms with van der Waals surface area (Å²) < 4.78 is 0. The van der Waals surface area contributed by atoms with Crippen LogP contribution in [0, 0.1) is 0 Å². The molecule has 1 aromatic carbocycles. The van der Waals surface area contributed by atoms with Crippen LogP contribution in [0.1, 0.15) is 52.8 Å². The summed E-state index contributed by atoms with van der Waals surface area (Å²) in [6, 6.07) is 8.79. The van der Waals surface area contributed by atoms with Gasteiger partial charge in [-0.3, -0.25) is 4.98 Å². The highest BCUT2D eigenvalue weighted by molar-refractivity contribution is 5.82. The molecule has 0 aliphatic carbocycles. The Kier molecular flexibility index (Phi) is 8.91. The van der Waals surface area contributed by atoms with Gasteiger partial charge in [0.1, 0.15) is 0 Å². The summed E-state index contributed by atoms with van der Waals surface area (Å²) in [6.07, 6.45) is 4.07. The normalized spacial score (nSPS) is 9.00. The van der Waals surface area contributed by atoms with Crippen LogP contribution in [0.25, 0.3) is 10.8 Å². The van der Waals surface area contributed by atoms with Crippen molar-refractivity contribution in [2.24, 2.45) is 0 Å². The third-order valence-electron chi connectivity index (χ3n) is 2.61. The maximum absolute atomic E-state index is 4.40. The SMILES string of the molecule is CC.CC.CCc1ccc2cc(CC)ncc2c1. The van der Waals surface area contributed by atoms with Crippen LogP contribution in [-0.2, 0) is 12.8 Å². The number of hydrogen-bond donors (Lipinski definition) is 0. The van der Waals surface area contributed by atoms with Gasteiger partial charge in [-0.05, 0) is 35.9 Å². The van der Waals surface area contributed by atoms with Gasteiger partial charge in [-0.25, -0.2) is 0 Å². The highest BCUT2D eigenvalue weighted by Crippen LogP contribution is 2.16. The first-order chi connectivity index (χ1) is 8.83. The summed E-state index contributed by atoms with van der Waals surface area (Å²) in [4.78, 5) is 4.40. The molecule has 100 valence electrons. The maximum Gasteiger partial charge on any atom is 0.0407 e. The number of aromatic nitrogens is 1. The minimum atomic E-state index is 1.01. The van der Waals surface area contributed by atoms with Crippen molar-refractivity contribution in [3.8, 4) is 0 Å². The summed E-state index contributed by atoms with van der Waals surface area (Å²) in [7, 11) is 0. The lowest BCUT2D eigenvalue weighted by molar-refractivity contribution is 1.04. The first kappa shape index (κ1) is 16.6. The van der Waals surface area contributed by atoms with Gasteiger partial charge in [-0.2, -0.15) is 0 Å². The zero-order valence-electron chi connectivity index (χ0n) is 12.7. The van der Waals surface area contributed by atoms with E-state index in [9.17, 15) is 0 Å². The van der Waals surface area contributed by atoms with Crippen molar-refractivity contribution in [3.63, 3.8) is 0 Å². The van der Waals surface area contributed by atoms with Crippen LogP contribution in [0.3, 0.4) is 0 Å². The van der Waals surface area contributed by atoms with Gasteiger partial charge in [0.25, 0.3) is 0 Å². The molecule has 0 aliphatic rings. The Balaban J connectivity index is 0.000000659. The molecule has 0 N–H and O–H groups in total. The third-order valence-corrected chi connectivity index (χ3v) is 2.61. The van der Waals surface area contributed by atoms with E-state index in [4.69, 9.17) is 0 Å². The van der Waals surface area contributed by atoms with Gasteiger partial charge in [0.05, 0.1) is 0 Å². The molecule has 0 spiro atoms. The molecule has 0 fully saturated rings. The van der Waals surface area contributed by atoms with Crippen LogP contribution < -0.4 is 0 Å². The molecule has 0 aliphatic heterocycles. The van der Waals surface area contributed by atoms with Crippen molar-refractivity contribution in [1.29, 1.82) is 0 Å². The molecule has 1 nitrogen and oxygen atoms in total. The van der Waals surface area contributed by atoms with Crippen molar-refractivity contribution < 1.29 is 0 Å². The van der Waals surface area contributed by atoms with E-state index >= 15 is 0 Å². The monoisotopic (exact) mass is 245 g/mol. The summed E-state index contributed by atoms with van der Waals surface area (Å²) in [5, 5.41) is 2.55. The number of benzene rings is 1. The Hall–Kier alpha value is -1.37. The molecule has 1 aromatic heterocycles. The smallest absolute Gasteiger partial charge is 0.0407 e. The zero-order valence-corrected chi connectivity index (χ0v) is 12.7. The molecule has 1 heterocycles. The van der Waals surface area contributed by atoms with Crippen LogP contribution in [0.15, 0.2) is 30.5 Å². The van der Waals surface area contributed by atoms with Gasteiger partial charge in [0, 0.05) is 17.3 Å². The first-order valence-corrected chi connectivity index (χ1v) is 7.21. The fourth-order valence-corrected chi connectivity index (χ4v) is 1.65. The lowest BCUT2D eigenvalue weighted by Gasteiger charge is -2.02. The predicted octanol–water partition coefficient (Wildman–Crippen LogP) is 5.41. The lowest BCUT2D eigenvalue weighted by atomic mass is 10.1. The topological polar surface area (TPSA) is 12.9 Å². The lowest BCUT2D eigenvalue weighted by Crippen LogP contribution is -1.87. The molecule has 0 unspecified atom stereocenters. The van der Waals surface area contributed by atoms with Gasteiger partial charge in [-0.1, -0.05) is 53.7 Å². The molecule has 0 saturated carbocycles. The van der Waals surface area contributed by atoms with E-state index < -0.39 is 0 Å². The summed E-state index contributed by atoms with van der Waals surface area (Å²) in [5.41, 5.74) is 2.55. The molecule has 2 aromatic rings. The maximum atomic E-state index is 4.40. The van der Waals surface area contributed by atoms with Crippen molar-refractivity contribution in [3.05, 3.63) is 41.7 Å². The van der Waals surface area contributed by atoms with E-state index in [2.05, 4.69) is 43.1 Å². The molecule has 1 heteroatoms. The van der Waals surface area contributed by atoms with E-state index in [1.165, 1.54) is 22.0 Å². The minimum Gasteiger partial charge on any atom is -0.261 e. The van der Waals surface area contributed by atoms with Crippen molar-refractivity contribution in [2.75, 3.05) is 0 Å². The van der Waals surface area contributed by atoms with Gasteiger partial charge in [0.2, 0.25) is 0 Å². The predicted molar refractivity (Wildman–Crippen MR) is 83.2 cm³/mol. The molecule has 0 amide bonds.